The molecule has 0 fully saturated rings. The van der Waals surface area contributed by atoms with E-state index in [1.54, 1.807) is 0 Å². The van der Waals surface area contributed by atoms with Gasteiger partial charge in [-0.25, -0.2) is 4.79 Å². The van der Waals surface area contributed by atoms with Crippen molar-refractivity contribution in [2.75, 3.05) is 0 Å². The molecule has 0 radical (unpaired) electrons. The van der Waals surface area contributed by atoms with Gasteiger partial charge in [0.1, 0.15) is 6.26 Å². The standard InChI is InChI=1S/C8H5F5O6S/c9-7(10,11)6(8(12,13)20(15,16)17)19-5(14)4-1-2-18-3-4/h1-3,6H,(H,15,16,17). The molecule has 0 amide bonds. The molecule has 0 saturated carbocycles. The Balaban J connectivity index is 3.13. The van der Waals surface area contributed by atoms with Gasteiger partial charge in [-0.1, -0.05) is 0 Å². The van der Waals surface area contributed by atoms with Gasteiger partial charge in [0.15, 0.2) is 0 Å². The minimum absolute atomic E-state index is 0.599. The van der Waals surface area contributed by atoms with Gasteiger partial charge in [-0.2, -0.15) is 30.4 Å². The average Bonchev–Trinajstić information content (AvgIpc) is 2.75. The highest BCUT2D eigenvalue weighted by Gasteiger charge is 2.66. The van der Waals surface area contributed by atoms with Crippen molar-refractivity contribution in [3.05, 3.63) is 24.2 Å². The van der Waals surface area contributed by atoms with Crippen LogP contribution in [0.3, 0.4) is 0 Å². The summed E-state index contributed by atoms with van der Waals surface area (Å²) >= 11 is 0. The molecule has 1 rings (SSSR count). The van der Waals surface area contributed by atoms with Gasteiger partial charge in [0.2, 0.25) is 0 Å². The van der Waals surface area contributed by atoms with Crippen LogP contribution in [0.25, 0.3) is 0 Å². The maximum atomic E-state index is 13.0. The molecule has 0 saturated heterocycles. The van der Waals surface area contributed by atoms with Gasteiger partial charge in [-0.15, -0.1) is 0 Å². The average molecular weight is 324 g/mol. The highest BCUT2D eigenvalue weighted by atomic mass is 32.2. The Bertz CT molecular complexity index is 575. The van der Waals surface area contributed by atoms with E-state index < -0.39 is 39.2 Å². The fourth-order valence-electron chi connectivity index (χ4n) is 1.02. The third-order valence-electron chi connectivity index (χ3n) is 1.93. The summed E-state index contributed by atoms with van der Waals surface area (Å²) in [4.78, 5) is 11.1. The summed E-state index contributed by atoms with van der Waals surface area (Å²) in [5, 5.41) is -5.76. The lowest BCUT2D eigenvalue weighted by Crippen LogP contribution is -2.52. The van der Waals surface area contributed by atoms with Crippen molar-refractivity contribution < 1.29 is 48.9 Å². The topological polar surface area (TPSA) is 93.8 Å². The van der Waals surface area contributed by atoms with Gasteiger partial charge in [0.25, 0.3) is 6.10 Å². The first-order valence-corrected chi connectivity index (χ1v) is 5.96. The quantitative estimate of drug-likeness (QED) is 0.516. The van der Waals surface area contributed by atoms with Crippen LogP contribution in [0.1, 0.15) is 10.4 Å². The van der Waals surface area contributed by atoms with E-state index in [1.165, 1.54) is 0 Å². The molecule has 0 aliphatic rings. The Labute approximate surface area is 107 Å². The predicted molar refractivity (Wildman–Crippen MR) is 50.5 cm³/mol. The van der Waals surface area contributed by atoms with Crippen LogP contribution < -0.4 is 0 Å². The molecule has 1 aromatic rings. The minimum Gasteiger partial charge on any atom is -0.472 e. The van der Waals surface area contributed by atoms with E-state index in [4.69, 9.17) is 4.55 Å². The van der Waals surface area contributed by atoms with Gasteiger partial charge in [-0.3, -0.25) is 4.55 Å². The molecule has 1 aromatic heterocycles. The van der Waals surface area contributed by atoms with E-state index in [9.17, 15) is 35.2 Å². The highest BCUT2D eigenvalue weighted by molar-refractivity contribution is 7.86. The number of hydrogen-bond acceptors (Lipinski definition) is 5. The SMILES string of the molecule is O=C(OC(C(F)(F)F)C(F)(F)S(=O)(=O)O)c1ccoc1. The lowest BCUT2D eigenvalue weighted by atomic mass is 10.3. The largest absolute Gasteiger partial charge is 0.472 e. The zero-order valence-electron chi connectivity index (χ0n) is 9.10. The number of rotatable bonds is 4. The molecule has 0 aromatic carbocycles. The van der Waals surface area contributed by atoms with Crippen molar-refractivity contribution in [2.45, 2.75) is 17.5 Å². The van der Waals surface area contributed by atoms with Crippen molar-refractivity contribution >= 4 is 16.1 Å². The normalized spacial score (nSPS) is 14.9. The Morgan fingerprint density at radius 1 is 1.30 bits per heavy atom. The van der Waals surface area contributed by atoms with E-state index in [0.717, 1.165) is 12.3 Å². The summed E-state index contributed by atoms with van der Waals surface area (Å²) in [5.74, 6) is -1.90. The molecule has 114 valence electrons. The van der Waals surface area contributed by atoms with Gasteiger partial charge in [0, 0.05) is 0 Å². The summed E-state index contributed by atoms with van der Waals surface area (Å²) in [6, 6.07) is 0.807. The van der Waals surface area contributed by atoms with Crippen molar-refractivity contribution in [1.82, 2.24) is 0 Å². The fourth-order valence-corrected chi connectivity index (χ4v) is 1.47. The first-order chi connectivity index (χ1) is 8.87. The Morgan fingerprint density at radius 3 is 2.20 bits per heavy atom. The smallest absolute Gasteiger partial charge is 0.432 e. The Hall–Kier alpha value is -1.69. The van der Waals surface area contributed by atoms with Crippen LogP contribution in [0.2, 0.25) is 0 Å². The van der Waals surface area contributed by atoms with Crippen LogP contribution in [0.15, 0.2) is 23.0 Å². The highest BCUT2D eigenvalue weighted by Crippen LogP contribution is 2.38. The summed E-state index contributed by atoms with van der Waals surface area (Å²) < 4.78 is 99.7. The second-order valence-electron chi connectivity index (χ2n) is 3.38. The van der Waals surface area contributed by atoms with Crippen LogP contribution in [0.4, 0.5) is 22.0 Å². The first kappa shape index (κ1) is 16.4. The third kappa shape index (κ3) is 3.25. The van der Waals surface area contributed by atoms with Crippen molar-refractivity contribution in [3.8, 4) is 0 Å². The number of ether oxygens (including phenoxy) is 1. The molecule has 1 heterocycles. The van der Waals surface area contributed by atoms with Gasteiger partial charge >= 0.3 is 27.5 Å². The molecule has 20 heavy (non-hydrogen) atoms. The van der Waals surface area contributed by atoms with Crippen molar-refractivity contribution in [1.29, 1.82) is 0 Å². The predicted octanol–water partition coefficient (Wildman–Crippen LogP) is 1.85. The van der Waals surface area contributed by atoms with Crippen LogP contribution in [-0.2, 0) is 14.9 Å². The molecule has 0 bridgehead atoms. The maximum absolute atomic E-state index is 13.0. The molecule has 0 spiro atoms. The molecular weight excluding hydrogens is 319 g/mol. The lowest BCUT2D eigenvalue weighted by Gasteiger charge is -2.25. The van der Waals surface area contributed by atoms with Crippen LogP contribution in [0, 0.1) is 0 Å². The van der Waals surface area contributed by atoms with Gasteiger partial charge in [-0.05, 0) is 6.07 Å². The molecule has 1 unspecified atom stereocenters. The van der Waals surface area contributed by atoms with Crippen LogP contribution in [-0.4, -0.2) is 36.5 Å². The lowest BCUT2D eigenvalue weighted by molar-refractivity contribution is -0.248. The molecule has 12 heteroatoms. The number of esters is 1. The second-order valence-corrected chi connectivity index (χ2v) is 4.87. The van der Waals surface area contributed by atoms with Crippen molar-refractivity contribution in [3.63, 3.8) is 0 Å². The van der Waals surface area contributed by atoms with Gasteiger partial charge < -0.3 is 9.15 Å². The number of alkyl halides is 5. The van der Waals surface area contributed by atoms with E-state index in [1.807, 2.05) is 0 Å². The van der Waals surface area contributed by atoms with E-state index in [2.05, 4.69) is 9.15 Å². The number of carbonyl (C=O) groups is 1. The van der Waals surface area contributed by atoms with Crippen molar-refractivity contribution in [2.24, 2.45) is 0 Å². The first-order valence-electron chi connectivity index (χ1n) is 4.52. The molecule has 6 nitrogen and oxygen atoms in total. The molecule has 1 N–H and O–H groups in total. The Morgan fingerprint density at radius 2 is 1.85 bits per heavy atom. The number of carbonyl (C=O) groups excluding carboxylic acids is 1. The number of furan rings is 1. The summed E-state index contributed by atoms with van der Waals surface area (Å²) in [6.07, 6.45) is -8.85. The van der Waals surface area contributed by atoms with E-state index in [-0.39, 0.29) is 0 Å². The molecule has 0 aliphatic carbocycles. The number of halogens is 5. The Kier molecular flexibility index (Phi) is 4.10. The number of hydrogen-bond donors (Lipinski definition) is 1. The zero-order valence-corrected chi connectivity index (χ0v) is 9.91. The minimum atomic E-state index is -6.45. The molecule has 0 aliphatic heterocycles. The van der Waals surface area contributed by atoms with E-state index in [0.29, 0.717) is 6.26 Å². The summed E-state index contributed by atoms with van der Waals surface area (Å²) in [6.45, 7) is 0. The van der Waals surface area contributed by atoms with Crippen LogP contribution in [0.5, 0.6) is 0 Å². The molecule has 1 atom stereocenters. The monoisotopic (exact) mass is 324 g/mol. The summed E-state index contributed by atoms with van der Waals surface area (Å²) in [5.41, 5.74) is -0.648. The van der Waals surface area contributed by atoms with Gasteiger partial charge in [0.05, 0.1) is 11.8 Å². The third-order valence-corrected chi connectivity index (χ3v) is 2.83. The maximum Gasteiger partial charge on any atom is 0.432 e. The fraction of sp³-hybridized carbons (Fsp3) is 0.375. The summed E-state index contributed by atoms with van der Waals surface area (Å²) in [7, 11) is -6.45. The van der Waals surface area contributed by atoms with Crippen LogP contribution >= 0.6 is 0 Å². The second kappa shape index (κ2) is 5.01. The molecular formula is C8H5F5O6S. The van der Waals surface area contributed by atoms with E-state index >= 15 is 0 Å². The zero-order chi connectivity index (χ0) is 15.8.